The average Bonchev–Trinajstić information content (AvgIpc) is 2.59. The summed E-state index contributed by atoms with van der Waals surface area (Å²) in [5.74, 6) is -0.283. The molecule has 2 rings (SSSR count). The Bertz CT molecular complexity index is 478. The van der Waals surface area contributed by atoms with Gasteiger partial charge < -0.3 is 5.73 Å². The molecule has 1 aliphatic rings. The number of hydrogen-bond acceptors (Lipinski definition) is 5. The van der Waals surface area contributed by atoms with Crippen LogP contribution in [0.25, 0.3) is 6.08 Å². The van der Waals surface area contributed by atoms with Gasteiger partial charge in [0.1, 0.15) is 0 Å². The van der Waals surface area contributed by atoms with Crippen LogP contribution >= 0.6 is 24.2 Å². The van der Waals surface area contributed by atoms with Crippen LogP contribution in [0.5, 0.6) is 0 Å². The SMILES string of the molecule is Cl.NCCN1C(=O)SC(=Cc2cccnc2)C1=O. The number of thioether (sulfide) groups is 1. The molecule has 1 aliphatic heterocycles. The molecule has 0 aliphatic carbocycles. The number of pyridine rings is 1. The van der Waals surface area contributed by atoms with Crippen molar-refractivity contribution in [2.75, 3.05) is 13.1 Å². The predicted octanol–water partition coefficient (Wildman–Crippen LogP) is 1.50. The van der Waals surface area contributed by atoms with Crippen molar-refractivity contribution in [1.29, 1.82) is 0 Å². The molecule has 1 aromatic rings. The highest BCUT2D eigenvalue weighted by molar-refractivity contribution is 8.18. The molecule has 0 aromatic carbocycles. The maximum atomic E-state index is 11.9. The van der Waals surface area contributed by atoms with E-state index in [0.29, 0.717) is 4.91 Å². The van der Waals surface area contributed by atoms with Gasteiger partial charge in [-0.2, -0.15) is 0 Å². The van der Waals surface area contributed by atoms with Crippen molar-refractivity contribution >= 4 is 41.4 Å². The van der Waals surface area contributed by atoms with E-state index in [-0.39, 0.29) is 36.6 Å². The van der Waals surface area contributed by atoms with Gasteiger partial charge in [-0.25, -0.2) is 0 Å². The molecule has 0 atom stereocenters. The van der Waals surface area contributed by atoms with Crippen molar-refractivity contribution in [1.82, 2.24) is 9.88 Å². The molecule has 0 radical (unpaired) electrons. The lowest BCUT2D eigenvalue weighted by Crippen LogP contribution is -2.33. The number of nitrogens with zero attached hydrogens (tertiary/aromatic N) is 2. The molecular formula is C11H12ClN3O2S. The van der Waals surface area contributed by atoms with Gasteiger partial charge in [-0.3, -0.25) is 19.5 Å². The van der Waals surface area contributed by atoms with E-state index in [0.717, 1.165) is 22.2 Å². The van der Waals surface area contributed by atoms with Crippen molar-refractivity contribution in [3.05, 3.63) is 35.0 Å². The standard InChI is InChI=1S/C11H11N3O2S.ClH/c12-3-5-14-10(15)9(17-11(14)16)6-8-2-1-4-13-7-8;/h1-2,4,6-7H,3,5,12H2;1H. The highest BCUT2D eigenvalue weighted by atomic mass is 35.5. The highest BCUT2D eigenvalue weighted by Gasteiger charge is 2.34. The predicted molar refractivity (Wildman–Crippen MR) is 73.2 cm³/mol. The van der Waals surface area contributed by atoms with Crippen LogP contribution in [0.15, 0.2) is 29.4 Å². The molecule has 0 unspecified atom stereocenters. The first-order valence-electron chi connectivity index (χ1n) is 5.08. The van der Waals surface area contributed by atoms with Gasteiger partial charge in [-0.05, 0) is 29.5 Å². The fourth-order valence-electron chi connectivity index (χ4n) is 1.43. The Morgan fingerprint density at radius 2 is 2.22 bits per heavy atom. The van der Waals surface area contributed by atoms with Crippen LogP contribution < -0.4 is 5.73 Å². The minimum atomic E-state index is -0.283. The van der Waals surface area contributed by atoms with E-state index >= 15 is 0 Å². The van der Waals surface area contributed by atoms with Gasteiger partial charge in [0.05, 0.1) is 4.91 Å². The molecular weight excluding hydrogens is 274 g/mol. The third-order valence-electron chi connectivity index (χ3n) is 2.21. The van der Waals surface area contributed by atoms with Crippen LogP contribution in [-0.4, -0.2) is 34.1 Å². The maximum absolute atomic E-state index is 11.9. The average molecular weight is 286 g/mol. The monoisotopic (exact) mass is 285 g/mol. The van der Waals surface area contributed by atoms with Gasteiger partial charge in [0.25, 0.3) is 11.1 Å². The number of hydrogen-bond donors (Lipinski definition) is 1. The molecule has 2 amide bonds. The summed E-state index contributed by atoms with van der Waals surface area (Å²) in [5.41, 5.74) is 6.14. The van der Waals surface area contributed by atoms with Crippen LogP contribution in [0.3, 0.4) is 0 Å². The zero-order chi connectivity index (χ0) is 12.3. The quantitative estimate of drug-likeness (QED) is 0.852. The first-order valence-corrected chi connectivity index (χ1v) is 5.89. The van der Waals surface area contributed by atoms with E-state index in [1.54, 1.807) is 24.5 Å². The zero-order valence-corrected chi connectivity index (χ0v) is 11.0. The Morgan fingerprint density at radius 3 is 2.83 bits per heavy atom. The third kappa shape index (κ3) is 3.10. The summed E-state index contributed by atoms with van der Waals surface area (Å²) in [6.45, 7) is 0.535. The van der Waals surface area contributed by atoms with E-state index in [2.05, 4.69) is 4.98 Å². The smallest absolute Gasteiger partial charge is 0.293 e. The van der Waals surface area contributed by atoms with Crippen molar-refractivity contribution in [3.8, 4) is 0 Å². The van der Waals surface area contributed by atoms with E-state index in [1.807, 2.05) is 6.07 Å². The summed E-state index contributed by atoms with van der Waals surface area (Å²) in [6.07, 6.45) is 4.95. The van der Waals surface area contributed by atoms with Crippen LogP contribution in [-0.2, 0) is 4.79 Å². The van der Waals surface area contributed by atoms with Crippen molar-refractivity contribution in [2.45, 2.75) is 0 Å². The second kappa shape index (κ2) is 6.53. The summed E-state index contributed by atoms with van der Waals surface area (Å²) in [7, 11) is 0. The van der Waals surface area contributed by atoms with Gasteiger partial charge in [0.15, 0.2) is 0 Å². The first-order chi connectivity index (χ1) is 8.22. The topological polar surface area (TPSA) is 76.3 Å². The molecule has 1 fully saturated rings. The fraction of sp³-hybridized carbons (Fsp3) is 0.182. The number of nitrogens with two attached hydrogens (primary N) is 1. The summed E-state index contributed by atoms with van der Waals surface area (Å²) in [6, 6.07) is 3.60. The van der Waals surface area contributed by atoms with Crippen LogP contribution in [0.2, 0.25) is 0 Å². The lowest BCUT2D eigenvalue weighted by Gasteiger charge is -2.09. The molecule has 7 heteroatoms. The highest BCUT2D eigenvalue weighted by Crippen LogP contribution is 2.31. The van der Waals surface area contributed by atoms with E-state index in [1.165, 1.54) is 0 Å². The maximum Gasteiger partial charge on any atom is 0.293 e. The van der Waals surface area contributed by atoms with Gasteiger partial charge in [0.2, 0.25) is 0 Å². The summed E-state index contributed by atoms with van der Waals surface area (Å²) >= 11 is 0.932. The Labute approximate surface area is 115 Å². The largest absolute Gasteiger partial charge is 0.329 e. The fourth-order valence-corrected chi connectivity index (χ4v) is 2.30. The van der Waals surface area contributed by atoms with Gasteiger partial charge in [0, 0.05) is 25.5 Å². The molecule has 18 heavy (non-hydrogen) atoms. The lowest BCUT2D eigenvalue weighted by molar-refractivity contribution is -0.122. The van der Waals surface area contributed by atoms with Crippen LogP contribution in [0, 0.1) is 0 Å². The van der Waals surface area contributed by atoms with Crippen LogP contribution in [0.4, 0.5) is 4.79 Å². The molecule has 2 N–H and O–H groups in total. The Balaban J connectivity index is 0.00000162. The normalized spacial score (nSPS) is 17.2. The summed E-state index contributed by atoms with van der Waals surface area (Å²) in [4.78, 5) is 28.9. The molecule has 1 aromatic heterocycles. The van der Waals surface area contributed by atoms with E-state index < -0.39 is 0 Å². The third-order valence-corrected chi connectivity index (χ3v) is 3.12. The van der Waals surface area contributed by atoms with Crippen molar-refractivity contribution < 1.29 is 9.59 Å². The van der Waals surface area contributed by atoms with Gasteiger partial charge >= 0.3 is 0 Å². The molecule has 96 valence electrons. The van der Waals surface area contributed by atoms with Crippen molar-refractivity contribution in [3.63, 3.8) is 0 Å². The molecule has 5 nitrogen and oxygen atoms in total. The minimum Gasteiger partial charge on any atom is -0.329 e. The second-order valence-corrected chi connectivity index (χ2v) is 4.40. The van der Waals surface area contributed by atoms with Crippen molar-refractivity contribution in [2.24, 2.45) is 5.73 Å². The number of rotatable bonds is 3. The second-order valence-electron chi connectivity index (χ2n) is 3.41. The lowest BCUT2D eigenvalue weighted by atomic mass is 10.2. The van der Waals surface area contributed by atoms with Gasteiger partial charge in [-0.15, -0.1) is 12.4 Å². The molecule has 0 saturated carbocycles. The minimum absolute atomic E-state index is 0. The number of carbonyl (C=O) groups is 2. The number of imide groups is 1. The Morgan fingerprint density at radius 1 is 1.44 bits per heavy atom. The van der Waals surface area contributed by atoms with E-state index in [9.17, 15) is 9.59 Å². The summed E-state index contributed by atoms with van der Waals surface area (Å²) in [5, 5.41) is -0.268. The molecule has 2 heterocycles. The number of aromatic nitrogens is 1. The number of carbonyl (C=O) groups excluding carboxylic acids is 2. The molecule has 1 saturated heterocycles. The summed E-state index contributed by atoms with van der Waals surface area (Å²) < 4.78 is 0. The zero-order valence-electron chi connectivity index (χ0n) is 9.41. The Kier molecular flexibility index (Phi) is 5.33. The molecule has 0 spiro atoms. The number of halogens is 1. The Hall–Kier alpha value is -1.37. The van der Waals surface area contributed by atoms with E-state index in [4.69, 9.17) is 5.73 Å². The first kappa shape index (κ1) is 14.7. The number of amides is 2. The van der Waals surface area contributed by atoms with Crippen LogP contribution in [0.1, 0.15) is 5.56 Å². The molecule has 0 bridgehead atoms. The van der Waals surface area contributed by atoms with Gasteiger partial charge in [-0.1, -0.05) is 6.07 Å².